The van der Waals surface area contributed by atoms with Crippen molar-refractivity contribution in [2.75, 3.05) is 19.6 Å². The van der Waals surface area contributed by atoms with Crippen molar-refractivity contribution in [1.29, 1.82) is 0 Å². The van der Waals surface area contributed by atoms with E-state index in [2.05, 4.69) is 22.1 Å². The zero-order valence-corrected chi connectivity index (χ0v) is 11.1. The van der Waals surface area contributed by atoms with Gasteiger partial charge in [-0.05, 0) is 39.3 Å². The summed E-state index contributed by atoms with van der Waals surface area (Å²) in [7, 11) is 0. The van der Waals surface area contributed by atoms with Crippen LogP contribution in [-0.2, 0) is 0 Å². The second-order valence-electron chi connectivity index (χ2n) is 4.82. The molecule has 1 aromatic heterocycles. The Morgan fingerprint density at radius 3 is 3.17 bits per heavy atom. The molecule has 2 rings (SSSR count). The van der Waals surface area contributed by atoms with Gasteiger partial charge >= 0.3 is 5.91 Å². The fourth-order valence-corrected chi connectivity index (χ4v) is 2.45. The largest absolute Gasteiger partial charge is 0.438 e. The Hall–Kier alpha value is -1.36. The van der Waals surface area contributed by atoms with Gasteiger partial charge in [-0.1, -0.05) is 6.92 Å². The summed E-state index contributed by atoms with van der Waals surface area (Å²) in [5, 5.41) is 2.91. The van der Waals surface area contributed by atoms with E-state index in [4.69, 9.17) is 4.42 Å². The van der Waals surface area contributed by atoms with Crippen molar-refractivity contribution in [3.63, 3.8) is 0 Å². The Bertz CT molecular complexity index is 403. The molecule has 1 atom stereocenters. The molecular formula is C13H21N3O2. The first-order valence-electron chi connectivity index (χ1n) is 6.65. The lowest BCUT2D eigenvalue weighted by atomic mass is 10.2. The smallest absolute Gasteiger partial charge is 0.307 e. The zero-order chi connectivity index (χ0) is 13.0. The van der Waals surface area contributed by atoms with Crippen LogP contribution in [0.25, 0.3) is 0 Å². The molecule has 0 unspecified atom stereocenters. The normalized spacial score (nSPS) is 20.2. The quantitative estimate of drug-likeness (QED) is 0.863. The van der Waals surface area contributed by atoms with Crippen LogP contribution in [0.15, 0.2) is 10.6 Å². The summed E-state index contributed by atoms with van der Waals surface area (Å²) in [6.45, 7) is 6.90. The molecule has 0 radical (unpaired) electrons. The Labute approximate surface area is 108 Å². The van der Waals surface area contributed by atoms with Crippen molar-refractivity contribution in [1.82, 2.24) is 15.2 Å². The van der Waals surface area contributed by atoms with Crippen LogP contribution in [0.3, 0.4) is 0 Å². The van der Waals surface area contributed by atoms with E-state index in [1.165, 1.54) is 6.42 Å². The number of hydrogen-bond acceptors (Lipinski definition) is 4. The molecule has 0 bridgehead atoms. The van der Waals surface area contributed by atoms with Gasteiger partial charge in [0, 0.05) is 12.6 Å². The van der Waals surface area contributed by atoms with Crippen molar-refractivity contribution >= 4 is 5.91 Å². The average Bonchev–Trinajstić information content (AvgIpc) is 2.96. The summed E-state index contributed by atoms with van der Waals surface area (Å²) in [5.41, 5.74) is 0. The minimum absolute atomic E-state index is 0.160. The molecule has 1 aliphatic rings. The Balaban J connectivity index is 1.82. The molecule has 1 aromatic rings. The molecule has 1 amide bonds. The first-order valence-corrected chi connectivity index (χ1v) is 6.65. The number of amides is 1. The van der Waals surface area contributed by atoms with Gasteiger partial charge in [0.1, 0.15) is 5.76 Å². The van der Waals surface area contributed by atoms with Crippen LogP contribution >= 0.6 is 0 Å². The first-order chi connectivity index (χ1) is 8.70. The van der Waals surface area contributed by atoms with Crippen LogP contribution in [0.2, 0.25) is 0 Å². The number of nitrogens with one attached hydrogen (secondary N) is 1. The van der Waals surface area contributed by atoms with Crippen LogP contribution in [0.4, 0.5) is 0 Å². The maximum Gasteiger partial charge on any atom is 0.307 e. The predicted molar refractivity (Wildman–Crippen MR) is 68.5 cm³/mol. The van der Waals surface area contributed by atoms with E-state index in [-0.39, 0.29) is 11.8 Å². The molecule has 5 heteroatoms. The topological polar surface area (TPSA) is 58.4 Å². The molecule has 0 aliphatic carbocycles. The Morgan fingerprint density at radius 2 is 2.50 bits per heavy atom. The third-order valence-corrected chi connectivity index (χ3v) is 3.32. The lowest BCUT2D eigenvalue weighted by molar-refractivity contribution is 0.0905. The minimum atomic E-state index is -0.216. The van der Waals surface area contributed by atoms with Gasteiger partial charge in [-0.2, -0.15) is 0 Å². The van der Waals surface area contributed by atoms with Crippen molar-refractivity contribution in [3.8, 4) is 0 Å². The molecule has 5 nitrogen and oxygen atoms in total. The standard InChI is InChI=1S/C13H21N3O2/c1-3-6-16-7-4-5-11(16)9-14-12(17)13-15-8-10(2)18-13/h8,11H,3-7,9H2,1-2H3,(H,14,17)/t11-/m0/s1. The summed E-state index contributed by atoms with van der Waals surface area (Å²) in [4.78, 5) is 18.2. The number of nitrogens with zero attached hydrogens (tertiary/aromatic N) is 2. The predicted octanol–water partition coefficient (Wildman–Crippen LogP) is 1.59. The van der Waals surface area contributed by atoms with Gasteiger partial charge in [-0.15, -0.1) is 0 Å². The van der Waals surface area contributed by atoms with E-state index in [0.717, 1.165) is 25.9 Å². The summed E-state index contributed by atoms with van der Waals surface area (Å²) in [6.07, 6.45) is 5.10. The fraction of sp³-hybridized carbons (Fsp3) is 0.692. The highest BCUT2D eigenvalue weighted by molar-refractivity contribution is 5.89. The number of rotatable bonds is 5. The molecular weight excluding hydrogens is 230 g/mol. The van der Waals surface area contributed by atoms with Gasteiger partial charge < -0.3 is 9.73 Å². The second-order valence-corrected chi connectivity index (χ2v) is 4.82. The minimum Gasteiger partial charge on any atom is -0.438 e. The van der Waals surface area contributed by atoms with Crippen LogP contribution < -0.4 is 5.32 Å². The third kappa shape index (κ3) is 3.10. The summed E-state index contributed by atoms with van der Waals surface area (Å²) in [6, 6.07) is 0.463. The number of oxazole rings is 1. The molecule has 100 valence electrons. The van der Waals surface area contributed by atoms with Crippen LogP contribution in [0.5, 0.6) is 0 Å². The zero-order valence-electron chi connectivity index (χ0n) is 11.1. The highest BCUT2D eigenvalue weighted by Gasteiger charge is 2.24. The summed E-state index contributed by atoms with van der Waals surface area (Å²) < 4.78 is 5.20. The van der Waals surface area contributed by atoms with Gasteiger partial charge in [0.2, 0.25) is 0 Å². The molecule has 0 spiro atoms. The highest BCUT2D eigenvalue weighted by atomic mass is 16.4. The molecule has 1 N–H and O–H groups in total. The summed E-state index contributed by atoms with van der Waals surface area (Å²) >= 11 is 0. The molecule has 1 saturated heterocycles. The van der Waals surface area contributed by atoms with Crippen molar-refractivity contribution in [2.24, 2.45) is 0 Å². The molecule has 2 heterocycles. The van der Waals surface area contributed by atoms with Gasteiger partial charge in [0.15, 0.2) is 0 Å². The van der Waals surface area contributed by atoms with Crippen LogP contribution in [0.1, 0.15) is 42.6 Å². The molecule has 1 aliphatic heterocycles. The molecule has 0 aromatic carbocycles. The van der Waals surface area contributed by atoms with E-state index in [1.807, 2.05) is 0 Å². The number of carbonyl (C=O) groups is 1. The van der Waals surface area contributed by atoms with E-state index < -0.39 is 0 Å². The van der Waals surface area contributed by atoms with Crippen molar-refractivity contribution in [2.45, 2.75) is 39.2 Å². The van der Waals surface area contributed by atoms with Gasteiger partial charge in [0.25, 0.3) is 5.89 Å². The molecule has 0 saturated carbocycles. The van der Waals surface area contributed by atoms with E-state index in [9.17, 15) is 4.79 Å². The van der Waals surface area contributed by atoms with E-state index >= 15 is 0 Å². The maximum atomic E-state index is 11.8. The second kappa shape index (κ2) is 6.00. The average molecular weight is 251 g/mol. The number of likely N-dealkylation sites (tertiary alicyclic amines) is 1. The van der Waals surface area contributed by atoms with Gasteiger partial charge in [-0.25, -0.2) is 4.98 Å². The van der Waals surface area contributed by atoms with Crippen LogP contribution in [-0.4, -0.2) is 41.5 Å². The van der Waals surface area contributed by atoms with Crippen molar-refractivity contribution < 1.29 is 9.21 Å². The first kappa shape index (κ1) is 13.1. The molecule has 18 heavy (non-hydrogen) atoms. The maximum absolute atomic E-state index is 11.8. The number of aromatic nitrogens is 1. The SMILES string of the molecule is CCCN1CCC[C@H]1CNC(=O)c1ncc(C)o1. The fourth-order valence-electron chi connectivity index (χ4n) is 2.45. The summed E-state index contributed by atoms with van der Waals surface area (Å²) in [5.74, 6) is 0.604. The van der Waals surface area contributed by atoms with E-state index in [1.54, 1.807) is 13.1 Å². The van der Waals surface area contributed by atoms with Gasteiger partial charge in [-0.3, -0.25) is 9.69 Å². The number of carbonyl (C=O) groups excluding carboxylic acids is 1. The Morgan fingerprint density at radius 1 is 1.67 bits per heavy atom. The highest BCUT2D eigenvalue weighted by Crippen LogP contribution is 2.16. The Kier molecular flexibility index (Phi) is 4.36. The lowest BCUT2D eigenvalue weighted by Crippen LogP contribution is -2.40. The monoisotopic (exact) mass is 251 g/mol. The van der Waals surface area contributed by atoms with Crippen molar-refractivity contribution in [3.05, 3.63) is 17.8 Å². The number of aryl methyl sites for hydroxylation is 1. The lowest BCUT2D eigenvalue weighted by Gasteiger charge is -2.23. The molecule has 1 fully saturated rings. The third-order valence-electron chi connectivity index (χ3n) is 3.32. The number of hydrogen-bond donors (Lipinski definition) is 1. The van der Waals surface area contributed by atoms with Gasteiger partial charge in [0.05, 0.1) is 6.20 Å². The van der Waals surface area contributed by atoms with Crippen LogP contribution in [0, 0.1) is 6.92 Å². The van der Waals surface area contributed by atoms with E-state index in [0.29, 0.717) is 18.3 Å².